The van der Waals surface area contributed by atoms with Gasteiger partial charge >= 0.3 is 48.6 Å². The second kappa shape index (κ2) is 38.8. The molecule has 0 spiro atoms. The summed E-state index contributed by atoms with van der Waals surface area (Å²) < 4.78 is 127. The Bertz CT molecular complexity index is 2790. The lowest BCUT2D eigenvalue weighted by Crippen LogP contribution is -2.56. The molecule has 2 saturated heterocycles. The molecule has 3 atom stereocenters. The molecule has 5 rings (SSSR count). The van der Waals surface area contributed by atoms with E-state index in [2.05, 4.69) is 41.4 Å². The molecule has 40 heteroatoms. The number of nitrogens with two attached hydrogens (primary N) is 3. The summed E-state index contributed by atoms with van der Waals surface area (Å²) in [5.41, 5.74) is 18.8. The molecule has 0 aromatic heterocycles. The van der Waals surface area contributed by atoms with Crippen LogP contribution >= 0.6 is 0 Å². The first-order valence-electron chi connectivity index (χ1n) is 27.7. The van der Waals surface area contributed by atoms with Crippen LogP contribution in [0.5, 0.6) is 0 Å². The van der Waals surface area contributed by atoms with Gasteiger partial charge in [-0.3, -0.25) is 58.6 Å². The fraction of sp³-hybridized carbons (Fsp3) is 0.547. The summed E-state index contributed by atoms with van der Waals surface area (Å²) in [7, 11) is 0. The van der Waals surface area contributed by atoms with Crippen molar-refractivity contribution < 1.29 is 126 Å². The number of aliphatic carboxylic acids is 4. The number of carbonyl (C=O) groups is 11. The molecule has 2 aromatic carbocycles. The fourth-order valence-electron chi connectivity index (χ4n) is 8.42. The number of anilines is 3. The van der Waals surface area contributed by atoms with Crippen LogP contribution in [-0.4, -0.2) is 221 Å². The quantitative estimate of drug-likeness (QED) is 0.0485. The van der Waals surface area contributed by atoms with Crippen molar-refractivity contribution in [2.24, 2.45) is 28.1 Å². The zero-order chi connectivity index (χ0) is 71.2. The van der Waals surface area contributed by atoms with Crippen LogP contribution in [0, 0.1) is 5.92 Å². The number of carbonyl (C=O) groups excluding carboxylic acids is 7. The van der Waals surface area contributed by atoms with Crippen LogP contribution in [0.3, 0.4) is 0 Å². The molecule has 0 saturated carbocycles. The average Bonchev–Trinajstić information content (AvgIpc) is 1.69. The lowest BCUT2D eigenvalue weighted by molar-refractivity contribution is -0.193. The summed E-state index contributed by atoms with van der Waals surface area (Å²) in [6, 6.07) is 11.8. The number of likely N-dealkylation sites (tertiary alicyclic amines) is 1. The predicted molar refractivity (Wildman–Crippen MR) is 303 cm³/mol. The second-order valence-electron chi connectivity index (χ2n) is 20.1. The van der Waals surface area contributed by atoms with Gasteiger partial charge in [0.15, 0.2) is 5.96 Å². The van der Waals surface area contributed by atoms with Crippen LogP contribution in [0.2, 0.25) is 0 Å². The van der Waals surface area contributed by atoms with Gasteiger partial charge in [0.25, 0.3) is 5.91 Å². The monoisotopic (exact) mass is 1360 g/mol. The molecule has 15 N–H and O–H groups in total. The molecule has 2 fully saturated rings. The van der Waals surface area contributed by atoms with E-state index >= 15 is 0 Å². The van der Waals surface area contributed by atoms with E-state index in [-0.39, 0.29) is 49.6 Å². The minimum Gasteiger partial charge on any atom is -0.475 e. The van der Waals surface area contributed by atoms with Crippen molar-refractivity contribution in [1.29, 1.82) is 0 Å². The van der Waals surface area contributed by atoms with E-state index in [4.69, 9.17) is 56.8 Å². The largest absolute Gasteiger partial charge is 0.490 e. The van der Waals surface area contributed by atoms with Gasteiger partial charge in [0.2, 0.25) is 35.4 Å². The Balaban J connectivity index is 0.00000128. The van der Waals surface area contributed by atoms with Crippen LogP contribution < -0.4 is 48.7 Å². The first kappa shape index (κ1) is 82.1. The second-order valence-corrected chi connectivity index (χ2v) is 20.1. The zero-order valence-corrected chi connectivity index (χ0v) is 49.6. The number of aliphatic imine (C=N–C) groups is 1. The van der Waals surface area contributed by atoms with Gasteiger partial charge in [-0.05, 0) is 102 Å². The van der Waals surface area contributed by atoms with Gasteiger partial charge in [-0.15, -0.1) is 0 Å². The number of fused-ring (bicyclic) bond motifs is 2. The third kappa shape index (κ3) is 31.8. The van der Waals surface area contributed by atoms with Gasteiger partial charge in [0.05, 0.1) is 35.2 Å². The Morgan fingerprint density at radius 1 is 0.634 bits per heavy atom. The van der Waals surface area contributed by atoms with E-state index < -0.39 is 90.3 Å². The topological polar surface area (TPSA) is 432 Å². The summed E-state index contributed by atoms with van der Waals surface area (Å²) in [5.74, 6) is -13.2. The average molecular weight is 1360 g/mol. The molecule has 3 heterocycles. The highest BCUT2D eigenvalue weighted by Gasteiger charge is 2.41. The van der Waals surface area contributed by atoms with Crippen molar-refractivity contribution in [2.45, 2.75) is 108 Å². The Labute approximate surface area is 521 Å². The summed E-state index contributed by atoms with van der Waals surface area (Å²) in [4.78, 5) is 138. The molecule has 7 amide bonds. The molecule has 0 bridgehead atoms. The van der Waals surface area contributed by atoms with E-state index in [1.165, 1.54) is 13.8 Å². The highest BCUT2D eigenvalue weighted by atomic mass is 19.4. The molecule has 93 heavy (non-hydrogen) atoms. The van der Waals surface area contributed by atoms with Crippen LogP contribution in [-0.2, 0) is 47.9 Å². The van der Waals surface area contributed by atoms with Crippen molar-refractivity contribution in [3.05, 3.63) is 54.1 Å². The number of piperidine rings is 1. The van der Waals surface area contributed by atoms with Gasteiger partial charge < -0.3 is 63.8 Å². The standard InChI is InChI=1S/C45H67N13O7.4C2HF3O2/c1-30(41(62)54-44(65)36(12-8-19-46)52-31(2)59)51-43(64)35(16-20-50-45(47)48)49-21-24-55-25-27-57(28-26-55)39(60)15-7-9-32-17-22-56(23-18-32)29-40(61)58-37-13-5-3-10-33(37)42(63)53-34-11-4-6-14-38(34)58;4*3-2(4,5)1(6)7/h3-6,10-11,13-14,30,32,35-36,49H,7-9,12,15-29,46H2,1-2H3,(H,51,64)(H,52,59)(H,53,63)(H4,47,48,50)(H,54,62,65);4*(H,6,7)/t30-,35-,36-;;;;/m0..../s1. The van der Waals surface area contributed by atoms with Crippen LogP contribution in [0.4, 0.5) is 69.7 Å². The SMILES string of the molecule is CC(=O)N[C@@H](CCCN)C(=O)NC(=O)[C@H](C)NC(=O)[C@H](CCN=C(N)N)NCCN1CCN(C(=O)CCCC2CCN(CC(=O)N3c4ccccc4NC(=O)c4ccccc43)CC2)CC1.O=C(O)C(F)(F)F.O=C(O)C(F)(F)F.O=C(O)C(F)(F)F.O=C(O)C(F)(F)F. The number of rotatable bonds is 21. The van der Waals surface area contributed by atoms with Crippen molar-refractivity contribution in [3.63, 3.8) is 0 Å². The maximum atomic E-state index is 13.9. The van der Waals surface area contributed by atoms with Gasteiger partial charge in [-0.1, -0.05) is 24.3 Å². The molecule has 0 unspecified atom stereocenters. The minimum absolute atomic E-state index is 0.0901. The number of benzene rings is 2. The Morgan fingerprint density at radius 2 is 1.13 bits per heavy atom. The molecule has 0 radical (unpaired) electrons. The first-order chi connectivity index (χ1) is 43.0. The number of guanidine groups is 1. The summed E-state index contributed by atoms with van der Waals surface area (Å²) >= 11 is 0. The van der Waals surface area contributed by atoms with Crippen molar-refractivity contribution >= 4 is 88.2 Å². The van der Waals surface area contributed by atoms with E-state index in [0.29, 0.717) is 87.2 Å². The Kier molecular flexibility index (Phi) is 34.3. The molecule has 28 nitrogen and oxygen atoms in total. The Morgan fingerprint density at radius 3 is 1.61 bits per heavy atom. The van der Waals surface area contributed by atoms with Crippen LogP contribution in [0.1, 0.15) is 75.6 Å². The van der Waals surface area contributed by atoms with E-state index in [1.54, 1.807) is 23.1 Å². The third-order valence-electron chi connectivity index (χ3n) is 13.0. The molecular formula is C53H71F12N13O15. The van der Waals surface area contributed by atoms with Crippen LogP contribution in [0.15, 0.2) is 53.5 Å². The Hall–Kier alpha value is -8.92. The predicted octanol–water partition coefficient (Wildman–Crippen LogP) is 2.49. The lowest BCUT2D eigenvalue weighted by atomic mass is 9.91. The van der Waals surface area contributed by atoms with Crippen LogP contribution in [0.25, 0.3) is 0 Å². The number of amides is 7. The molecule has 3 aliphatic rings. The number of piperazine rings is 1. The maximum Gasteiger partial charge on any atom is 0.490 e. The first-order valence-corrected chi connectivity index (χ1v) is 27.7. The number of imide groups is 1. The van der Waals surface area contributed by atoms with E-state index in [1.807, 2.05) is 35.2 Å². The van der Waals surface area contributed by atoms with Gasteiger partial charge in [-0.25, -0.2) is 19.2 Å². The molecular weight excluding hydrogens is 1290 g/mol. The highest BCUT2D eigenvalue weighted by molar-refractivity contribution is 6.18. The number of hydrogen-bond donors (Lipinski definition) is 12. The smallest absolute Gasteiger partial charge is 0.475 e. The molecule has 3 aliphatic heterocycles. The summed E-state index contributed by atoms with van der Waals surface area (Å²) in [5, 5.41) is 42.1. The number of carboxylic acids is 4. The molecule has 0 aliphatic carbocycles. The summed E-state index contributed by atoms with van der Waals surface area (Å²) in [6.45, 7) is 8.67. The number of alkyl halides is 12. The number of halogens is 12. The number of nitrogens with zero attached hydrogens (tertiary/aromatic N) is 5. The van der Waals surface area contributed by atoms with E-state index in [9.17, 15) is 86.2 Å². The summed E-state index contributed by atoms with van der Waals surface area (Å²) in [6.07, 6.45) is -15.2. The van der Waals surface area contributed by atoms with Crippen molar-refractivity contribution in [2.75, 3.05) is 82.2 Å². The van der Waals surface area contributed by atoms with Gasteiger partial charge in [0.1, 0.15) is 12.1 Å². The normalized spacial score (nSPS) is 15.3. The highest BCUT2D eigenvalue weighted by Crippen LogP contribution is 2.38. The van der Waals surface area contributed by atoms with Crippen molar-refractivity contribution in [1.82, 2.24) is 36.0 Å². The molecule has 522 valence electrons. The number of nitrogens with one attached hydrogen (secondary N) is 5. The maximum absolute atomic E-state index is 13.9. The van der Waals surface area contributed by atoms with Gasteiger partial charge in [0, 0.05) is 59.2 Å². The fourth-order valence-corrected chi connectivity index (χ4v) is 8.42. The van der Waals surface area contributed by atoms with E-state index in [0.717, 1.165) is 38.8 Å². The van der Waals surface area contributed by atoms with Crippen molar-refractivity contribution in [3.8, 4) is 0 Å². The number of hydrogen-bond acceptors (Lipinski definition) is 16. The van der Waals surface area contributed by atoms with Gasteiger partial charge in [-0.2, -0.15) is 52.7 Å². The molecule has 2 aromatic rings. The number of carboxylic acid groups (broad SMARTS) is 4. The zero-order valence-electron chi connectivity index (χ0n) is 49.6. The minimum atomic E-state index is -5.08. The third-order valence-corrected chi connectivity index (χ3v) is 13.0. The number of para-hydroxylation sites is 3. The lowest BCUT2D eigenvalue weighted by Gasteiger charge is -2.35.